The van der Waals surface area contributed by atoms with E-state index in [9.17, 15) is 19.5 Å². The number of hydrogen-bond donors (Lipinski definition) is 5. The lowest BCUT2D eigenvalue weighted by Gasteiger charge is -2.18. The van der Waals surface area contributed by atoms with Crippen molar-refractivity contribution >= 4 is 23.7 Å². The molecule has 0 aliphatic heterocycles. The molecule has 0 aliphatic carbocycles. The molecule has 2 amide bonds. The quantitative estimate of drug-likeness (QED) is 0.108. The zero-order valence-corrected chi connectivity index (χ0v) is 20.0. The number of guanidine groups is 1. The van der Waals surface area contributed by atoms with Crippen molar-refractivity contribution in [2.75, 3.05) is 6.54 Å². The number of hydrogen-bond acceptors (Lipinski definition) is 4. The van der Waals surface area contributed by atoms with E-state index in [2.05, 4.69) is 22.5 Å². The summed E-state index contributed by atoms with van der Waals surface area (Å²) >= 11 is 0. The van der Waals surface area contributed by atoms with Crippen LogP contribution in [0.4, 0.5) is 0 Å². The van der Waals surface area contributed by atoms with E-state index in [0.29, 0.717) is 12.8 Å². The molecule has 0 unspecified atom stereocenters. The molecule has 9 heteroatoms. The second-order valence-electron chi connectivity index (χ2n) is 8.42. The summed E-state index contributed by atoms with van der Waals surface area (Å²) in [6.45, 7) is 4.06. The van der Waals surface area contributed by atoms with Crippen molar-refractivity contribution in [3.63, 3.8) is 0 Å². The molecule has 0 aliphatic rings. The molecule has 9 nitrogen and oxygen atoms in total. The van der Waals surface area contributed by atoms with Gasteiger partial charge in [0.1, 0.15) is 12.1 Å². The van der Waals surface area contributed by atoms with Crippen molar-refractivity contribution in [2.24, 2.45) is 16.5 Å². The fourth-order valence-corrected chi connectivity index (χ4v) is 3.39. The maximum absolute atomic E-state index is 12.2. The van der Waals surface area contributed by atoms with Gasteiger partial charge in [0.05, 0.1) is 0 Å². The summed E-state index contributed by atoms with van der Waals surface area (Å²) in [7, 11) is 0. The van der Waals surface area contributed by atoms with Crippen molar-refractivity contribution < 1.29 is 19.5 Å². The van der Waals surface area contributed by atoms with Crippen LogP contribution in [0.3, 0.4) is 0 Å². The van der Waals surface area contributed by atoms with Crippen LogP contribution in [-0.4, -0.2) is 47.5 Å². The van der Waals surface area contributed by atoms with E-state index < -0.39 is 24.0 Å². The van der Waals surface area contributed by atoms with Crippen molar-refractivity contribution in [3.8, 4) is 0 Å². The van der Waals surface area contributed by atoms with Gasteiger partial charge in [0.2, 0.25) is 11.8 Å². The molecule has 0 aromatic carbocycles. The van der Waals surface area contributed by atoms with Gasteiger partial charge >= 0.3 is 5.97 Å². The number of carbonyl (C=O) groups is 3. The van der Waals surface area contributed by atoms with Crippen LogP contribution >= 0.6 is 0 Å². The summed E-state index contributed by atoms with van der Waals surface area (Å²) in [4.78, 5) is 39.4. The van der Waals surface area contributed by atoms with Crippen LogP contribution < -0.4 is 22.1 Å². The number of carboxylic acid groups (broad SMARTS) is 1. The maximum atomic E-state index is 12.2. The largest absolute Gasteiger partial charge is 0.480 e. The van der Waals surface area contributed by atoms with E-state index in [-0.39, 0.29) is 24.8 Å². The normalized spacial score (nSPS) is 12.6. The molecule has 0 bridgehead atoms. The first-order valence-corrected chi connectivity index (χ1v) is 12.2. The highest BCUT2D eigenvalue weighted by molar-refractivity contribution is 5.90. The number of nitrogens with zero attached hydrogens (tertiary/aromatic N) is 1. The Morgan fingerprint density at radius 2 is 1.38 bits per heavy atom. The summed E-state index contributed by atoms with van der Waals surface area (Å²) in [5.41, 5.74) is 10.5. The molecule has 0 saturated carbocycles. The number of rotatable bonds is 20. The van der Waals surface area contributed by atoms with Gasteiger partial charge in [-0.3, -0.25) is 14.6 Å². The number of nitrogens with two attached hydrogens (primary N) is 2. The van der Waals surface area contributed by atoms with Gasteiger partial charge < -0.3 is 27.2 Å². The third-order valence-corrected chi connectivity index (χ3v) is 5.34. The zero-order valence-electron chi connectivity index (χ0n) is 20.0. The summed E-state index contributed by atoms with van der Waals surface area (Å²) in [6.07, 6.45) is 14.3. The lowest BCUT2D eigenvalue weighted by molar-refractivity contribution is -0.142. The molecule has 0 saturated heterocycles. The lowest BCUT2D eigenvalue weighted by Crippen LogP contribution is -2.50. The van der Waals surface area contributed by atoms with Gasteiger partial charge in [0, 0.05) is 13.0 Å². The third-order valence-electron chi connectivity index (χ3n) is 5.34. The van der Waals surface area contributed by atoms with Crippen LogP contribution in [0, 0.1) is 0 Å². The van der Waals surface area contributed by atoms with Crippen molar-refractivity contribution in [1.29, 1.82) is 0 Å². The highest BCUT2D eigenvalue weighted by Crippen LogP contribution is 2.12. The Morgan fingerprint density at radius 1 is 0.844 bits per heavy atom. The predicted molar refractivity (Wildman–Crippen MR) is 128 cm³/mol. The van der Waals surface area contributed by atoms with Crippen molar-refractivity contribution in [1.82, 2.24) is 10.6 Å². The molecule has 186 valence electrons. The zero-order chi connectivity index (χ0) is 24.2. The van der Waals surface area contributed by atoms with Gasteiger partial charge in [-0.15, -0.1) is 0 Å². The minimum Gasteiger partial charge on any atom is -0.480 e. The molecular weight excluding hydrogens is 410 g/mol. The first-order chi connectivity index (χ1) is 15.3. The lowest BCUT2D eigenvalue weighted by atomic mass is 10.1. The topological polar surface area (TPSA) is 160 Å². The number of unbranched alkanes of at least 4 members (excludes halogenated alkanes) is 10. The first-order valence-electron chi connectivity index (χ1n) is 12.2. The molecule has 0 fully saturated rings. The minimum atomic E-state index is -1.14. The van der Waals surface area contributed by atoms with Crippen LogP contribution in [0.25, 0.3) is 0 Å². The SMILES string of the molecule is CCCCCCCCCCCCCC(=O)N[C@@H](C)C(=O)N[C@@H](CCCN=C(N)N)C(=O)O. The highest BCUT2D eigenvalue weighted by atomic mass is 16.4. The number of aliphatic imine (C=N–C) groups is 1. The molecule has 7 N–H and O–H groups in total. The van der Waals surface area contributed by atoms with Crippen LogP contribution in [0.2, 0.25) is 0 Å². The van der Waals surface area contributed by atoms with Crippen LogP contribution in [0.5, 0.6) is 0 Å². The van der Waals surface area contributed by atoms with E-state index in [4.69, 9.17) is 11.5 Å². The smallest absolute Gasteiger partial charge is 0.326 e. The predicted octanol–water partition coefficient (Wildman–Crippen LogP) is 2.82. The van der Waals surface area contributed by atoms with E-state index >= 15 is 0 Å². The second kappa shape index (κ2) is 19.4. The Balaban J connectivity index is 3.94. The van der Waals surface area contributed by atoms with E-state index in [1.54, 1.807) is 6.92 Å². The molecule has 0 aromatic rings. The minimum absolute atomic E-state index is 0.0601. The number of aliphatic carboxylic acids is 1. The average molecular weight is 456 g/mol. The Labute approximate surface area is 193 Å². The summed E-state index contributed by atoms with van der Waals surface area (Å²) in [5.74, 6) is -1.91. The van der Waals surface area contributed by atoms with Gasteiger partial charge in [0.15, 0.2) is 5.96 Å². The molecule has 0 heterocycles. The van der Waals surface area contributed by atoms with E-state index in [0.717, 1.165) is 19.3 Å². The number of carbonyl (C=O) groups excluding carboxylic acids is 2. The van der Waals surface area contributed by atoms with Crippen molar-refractivity contribution in [3.05, 3.63) is 0 Å². The molecule has 0 spiro atoms. The Hall–Kier alpha value is -2.32. The average Bonchev–Trinajstić information content (AvgIpc) is 2.73. The summed E-state index contributed by atoms with van der Waals surface area (Å²) < 4.78 is 0. The first kappa shape index (κ1) is 29.7. The van der Waals surface area contributed by atoms with Crippen LogP contribution in [-0.2, 0) is 14.4 Å². The maximum Gasteiger partial charge on any atom is 0.326 e. The molecule has 0 aromatic heterocycles. The number of nitrogens with one attached hydrogen (secondary N) is 2. The fraction of sp³-hybridized carbons (Fsp3) is 0.826. The summed E-state index contributed by atoms with van der Waals surface area (Å²) in [6, 6.07) is -1.85. The number of carboxylic acids is 1. The molecule has 0 radical (unpaired) electrons. The van der Waals surface area contributed by atoms with Gasteiger partial charge in [-0.1, -0.05) is 71.1 Å². The Bertz CT molecular complexity index is 565. The van der Waals surface area contributed by atoms with Gasteiger partial charge in [-0.25, -0.2) is 4.79 Å². The van der Waals surface area contributed by atoms with Crippen LogP contribution in [0.1, 0.15) is 104 Å². The van der Waals surface area contributed by atoms with Crippen molar-refractivity contribution in [2.45, 2.75) is 116 Å². The van der Waals surface area contributed by atoms with Gasteiger partial charge in [-0.05, 0) is 26.2 Å². The standard InChI is InChI=1S/C23H45N5O4/c1-3-4-5-6-7-8-9-10-11-12-13-16-20(29)27-18(2)21(30)28-19(22(31)32)15-14-17-26-23(24)25/h18-19H,3-17H2,1-2H3,(H,27,29)(H,28,30)(H,31,32)(H4,24,25,26)/t18-,19-/m0/s1. The van der Waals surface area contributed by atoms with E-state index in [1.807, 2.05) is 0 Å². The Kier molecular flexibility index (Phi) is 18.0. The van der Waals surface area contributed by atoms with Gasteiger partial charge in [-0.2, -0.15) is 0 Å². The monoisotopic (exact) mass is 455 g/mol. The molecule has 32 heavy (non-hydrogen) atoms. The Morgan fingerprint density at radius 3 is 1.88 bits per heavy atom. The third kappa shape index (κ3) is 17.4. The van der Waals surface area contributed by atoms with Gasteiger partial charge in [0.25, 0.3) is 0 Å². The molecule has 2 atom stereocenters. The molecule has 0 rings (SSSR count). The highest BCUT2D eigenvalue weighted by Gasteiger charge is 2.23. The summed E-state index contributed by atoms with van der Waals surface area (Å²) in [5, 5.41) is 14.4. The van der Waals surface area contributed by atoms with E-state index in [1.165, 1.54) is 51.4 Å². The fourth-order valence-electron chi connectivity index (χ4n) is 3.39. The second-order valence-corrected chi connectivity index (χ2v) is 8.42. The van der Waals surface area contributed by atoms with Crippen LogP contribution in [0.15, 0.2) is 4.99 Å². The number of amides is 2. The molecular formula is C23H45N5O4.